The zero-order chi connectivity index (χ0) is 23.2. The highest BCUT2D eigenvalue weighted by Gasteiger charge is 2.25. The smallest absolute Gasteiger partial charge is 0.238 e. The fourth-order valence-electron chi connectivity index (χ4n) is 4.53. The van der Waals surface area contributed by atoms with Crippen molar-refractivity contribution in [3.63, 3.8) is 0 Å². The van der Waals surface area contributed by atoms with Gasteiger partial charge in [0.2, 0.25) is 5.91 Å². The molecule has 1 fully saturated rings. The van der Waals surface area contributed by atoms with Crippen molar-refractivity contribution < 1.29 is 14.6 Å². The lowest BCUT2D eigenvalue weighted by atomic mass is 10.0. The maximum atomic E-state index is 12.4. The van der Waals surface area contributed by atoms with Gasteiger partial charge in [-0.3, -0.25) is 14.7 Å². The third-order valence-electron chi connectivity index (χ3n) is 6.40. The van der Waals surface area contributed by atoms with E-state index in [1.54, 1.807) is 13.3 Å². The number of rotatable bonds is 8. The number of β-amino-alcohol motifs (C(OH)–C–C–N with tert-alkyl or cyclic N) is 1. The Morgan fingerprint density at radius 3 is 2.70 bits per heavy atom. The van der Waals surface area contributed by atoms with Crippen LogP contribution in [0.15, 0.2) is 60.8 Å². The average Bonchev–Trinajstić information content (AvgIpc) is 2.84. The number of nitrogens with zero attached hydrogens (tertiary/aromatic N) is 3. The van der Waals surface area contributed by atoms with Crippen molar-refractivity contribution in [1.29, 1.82) is 0 Å². The standard InChI is InChI=1S/C26H32N4O3/c1-29(18-26(32)28-19-6-4-3-5-7-19)20-11-14-30(15-12-20)17-25(31)22-10-13-27-24-9-8-21(33-2)16-23(22)24/h3-10,13,16,20,25,31H,11-12,14-15,17-18H2,1-2H3,(H,28,32)/t25-/m0/s1. The number of likely N-dealkylation sites (tertiary alicyclic amines) is 1. The summed E-state index contributed by atoms with van der Waals surface area (Å²) in [6, 6.07) is 17.5. The van der Waals surface area contributed by atoms with Crippen molar-refractivity contribution >= 4 is 22.5 Å². The second-order valence-electron chi connectivity index (χ2n) is 8.66. The highest BCUT2D eigenvalue weighted by molar-refractivity contribution is 5.92. The normalized spacial score (nSPS) is 16.1. The lowest BCUT2D eigenvalue weighted by molar-refractivity contribution is -0.117. The number of likely N-dealkylation sites (N-methyl/N-ethyl adjacent to an activating group) is 1. The van der Waals surface area contributed by atoms with Crippen LogP contribution in [0.4, 0.5) is 5.69 Å². The zero-order valence-electron chi connectivity index (χ0n) is 19.3. The van der Waals surface area contributed by atoms with Crippen LogP contribution in [0.2, 0.25) is 0 Å². The van der Waals surface area contributed by atoms with Crippen LogP contribution in [0.3, 0.4) is 0 Å². The number of nitrogens with one attached hydrogen (secondary N) is 1. The predicted molar refractivity (Wildman–Crippen MR) is 130 cm³/mol. The molecular formula is C26H32N4O3. The summed E-state index contributed by atoms with van der Waals surface area (Å²) in [5.74, 6) is 0.755. The molecule has 2 heterocycles. The van der Waals surface area contributed by atoms with Gasteiger partial charge < -0.3 is 20.1 Å². The Morgan fingerprint density at radius 1 is 1.21 bits per heavy atom. The number of hydrogen-bond acceptors (Lipinski definition) is 6. The number of carbonyl (C=O) groups excluding carboxylic acids is 1. The lowest BCUT2D eigenvalue weighted by Crippen LogP contribution is -2.46. The van der Waals surface area contributed by atoms with Gasteiger partial charge in [0.25, 0.3) is 0 Å². The Balaban J connectivity index is 1.29. The molecule has 4 rings (SSSR count). The monoisotopic (exact) mass is 448 g/mol. The number of pyridine rings is 1. The molecule has 1 atom stereocenters. The maximum Gasteiger partial charge on any atom is 0.238 e. The molecule has 1 saturated heterocycles. The molecule has 7 nitrogen and oxygen atoms in total. The molecular weight excluding hydrogens is 416 g/mol. The third kappa shape index (κ3) is 5.87. The number of carbonyl (C=O) groups is 1. The molecule has 0 saturated carbocycles. The molecule has 7 heteroatoms. The SMILES string of the molecule is COc1ccc2nccc([C@@H](O)CN3CCC(N(C)CC(=O)Nc4ccccc4)CC3)c2c1. The number of aliphatic hydroxyl groups excluding tert-OH is 1. The number of aromatic nitrogens is 1. The fraction of sp³-hybridized carbons (Fsp3) is 0.385. The van der Waals surface area contributed by atoms with Crippen LogP contribution in [-0.2, 0) is 4.79 Å². The third-order valence-corrected chi connectivity index (χ3v) is 6.40. The lowest BCUT2D eigenvalue weighted by Gasteiger charge is -2.37. The number of fused-ring (bicyclic) bond motifs is 1. The van der Waals surface area contributed by atoms with Gasteiger partial charge in [0.15, 0.2) is 0 Å². The van der Waals surface area contributed by atoms with Crippen LogP contribution in [-0.4, -0.2) is 72.2 Å². The highest BCUT2D eigenvalue weighted by Crippen LogP contribution is 2.28. The van der Waals surface area contributed by atoms with E-state index in [1.807, 2.05) is 61.6 Å². The van der Waals surface area contributed by atoms with Gasteiger partial charge >= 0.3 is 0 Å². The van der Waals surface area contributed by atoms with E-state index in [1.165, 1.54) is 0 Å². The van der Waals surface area contributed by atoms with Gasteiger partial charge in [-0.1, -0.05) is 18.2 Å². The van der Waals surface area contributed by atoms with E-state index in [4.69, 9.17) is 4.74 Å². The quantitative estimate of drug-likeness (QED) is 0.551. The fourth-order valence-corrected chi connectivity index (χ4v) is 4.53. The molecule has 2 aromatic carbocycles. The molecule has 1 aliphatic heterocycles. The number of para-hydroxylation sites is 1. The molecule has 1 aliphatic rings. The summed E-state index contributed by atoms with van der Waals surface area (Å²) in [7, 11) is 3.65. The van der Waals surface area contributed by atoms with E-state index < -0.39 is 6.10 Å². The van der Waals surface area contributed by atoms with Crippen LogP contribution in [0.5, 0.6) is 5.75 Å². The van der Waals surface area contributed by atoms with E-state index in [0.717, 1.165) is 53.8 Å². The number of benzene rings is 2. The number of piperidine rings is 1. The molecule has 174 valence electrons. The largest absolute Gasteiger partial charge is 0.497 e. The summed E-state index contributed by atoms with van der Waals surface area (Å²) >= 11 is 0. The summed E-state index contributed by atoms with van der Waals surface area (Å²) in [6.07, 6.45) is 3.07. The predicted octanol–water partition coefficient (Wildman–Crippen LogP) is 3.31. The van der Waals surface area contributed by atoms with E-state index in [0.29, 0.717) is 19.1 Å². The second-order valence-corrected chi connectivity index (χ2v) is 8.66. The molecule has 1 aromatic heterocycles. The summed E-state index contributed by atoms with van der Waals surface area (Å²) < 4.78 is 5.35. The molecule has 0 bridgehead atoms. The number of aliphatic hydroxyl groups is 1. The molecule has 1 amide bonds. The van der Waals surface area contributed by atoms with Gasteiger partial charge in [0.1, 0.15) is 5.75 Å². The maximum absolute atomic E-state index is 12.4. The number of hydrogen-bond donors (Lipinski definition) is 2. The molecule has 0 aliphatic carbocycles. The van der Waals surface area contributed by atoms with Crippen molar-refractivity contribution in [2.75, 3.05) is 45.7 Å². The Morgan fingerprint density at radius 2 is 1.97 bits per heavy atom. The Labute approximate surface area is 195 Å². The van der Waals surface area contributed by atoms with E-state index in [-0.39, 0.29) is 5.91 Å². The summed E-state index contributed by atoms with van der Waals surface area (Å²) in [6.45, 7) is 2.71. The highest BCUT2D eigenvalue weighted by atomic mass is 16.5. The van der Waals surface area contributed by atoms with E-state index in [9.17, 15) is 9.90 Å². The van der Waals surface area contributed by atoms with Crippen LogP contribution < -0.4 is 10.1 Å². The molecule has 0 unspecified atom stereocenters. The number of methoxy groups -OCH3 is 1. The van der Waals surface area contributed by atoms with Crippen molar-refractivity contribution in [2.24, 2.45) is 0 Å². The first-order valence-corrected chi connectivity index (χ1v) is 11.4. The minimum atomic E-state index is -0.603. The minimum absolute atomic E-state index is 0.00143. The number of amides is 1. The number of ether oxygens (including phenoxy) is 1. The Kier molecular flexibility index (Phi) is 7.54. The van der Waals surface area contributed by atoms with Gasteiger partial charge in [0.05, 0.1) is 25.3 Å². The molecule has 0 radical (unpaired) electrons. The van der Waals surface area contributed by atoms with Gasteiger partial charge in [-0.05, 0) is 74.9 Å². The molecule has 0 spiro atoms. The van der Waals surface area contributed by atoms with Crippen LogP contribution in [0.1, 0.15) is 24.5 Å². The van der Waals surface area contributed by atoms with Gasteiger partial charge in [0, 0.05) is 29.9 Å². The first-order chi connectivity index (χ1) is 16.0. The summed E-state index contributed by atoms with van der Waals surface area (Å²) in [4.78, 5) is 21.2. The van der Waals surface area contributed by atoms with Crippen molar-refractivity contribution in [2.45, 2.75) is 25.0 Å². The van der Waals surface area contributed by atoms with Crippen molar-refractivity contribution in [1.82, 2.24) is 14.8 Å². The van der Waals surface area contributed by atoms with E-state index in [2.05, 4.69) is 20.1 Å². The van der Waals surface area contributed by atoms with Gasteiger partial charge in [-0.15, -0.1) is 0 Å². The second kappa shape index (κ2) is 10.7. The first-order valence-electron chi connectivity index (χ1n) is 11.4. The van der Waals surface area contributed by atoms with Gasteiger partial charge in [-0.25, -0.2) is 0 Å². The van der Waals surface area contributed by atoms with Crippen LogP contribution in [0, 0.1) is 0 Å². The van der Waals surface area contributed by atoms with Crippen LogP contribution >= 0.6 is 0 Å². The molecule has 33 heavy (non-hydrogen) atoms. The summed E-state index contributed by atoms with van der Waals surface area (Å²) in [5.41, 5.74) is 2.54. The van der Waals surface area contributed by atoms with Crippen LogP contribution in [0.25, 0.3) is 10.9 Å². The zero-order valence-corrected chi connectivity index (χ0v) is 19.3. The van der Waals surface area contributed by atoms with Crippen molar-refractivity contribution in [3.05, 3.63) is 66.4 Å². The Hall–Kier alpha value is -3.00. The Bertz CT molecular complexity index is 1070. The summed E-state index contributed by atoms with van der Waals surface area (Å²) in [5, 5.41) is 14.9. The van der Waals surface area contributed by atoms with Crippen molar-refractivity contribution in [3.8, 4) is 5.75 Å². The first kappa shape index (κ1) is 23.2. The van der Waals surface area contributed by atoms with E-state index >= 15 is 0 Å². The topological polar surface area (TPSA) is 77.9 Å². The molecule has 3 aromatic rings. The minimum Gasteiger partial charge on any atom is -0.497 e. The molecule has 2 N–H and O–H groups in total. The number of anilines is 1. The van der Waals surface area contributed by atoms with Gasteiger partial charge in [-0.2, -0.15) is 0 Å². The average molecular weight is 449 g/mol.